The lowest BCUT2D eigenvalue weighted by molar-refractivity contribution is -0.115. The van der Waals surface area contributed by atoms with Crippen molar-refractivity contribution in [3.63, 3.8) is 0 Å². The molecule has 4 aromatic rings. The number of nitrogens with zero attached hydrogens (tertiary/aromatic N) is 2. The zero-order valence-electron chi connectivity index (χ0n) is 16.9. The van der Waals surface area contributed by atoms with E-state index in [9.17, 15) is 4.79 Å². The molecule has 1 amide bonds. The van der Waals surface area contributed by atoms with Gasteiger partial charge < -0.3 is 10.3 Å². The largest absolute Gasteiger partial charge is 0.332 e. The Balaban J connectivity index is 1.55. The smallest absolute Gasteiger partial charge is 0.238 e. The molecule has 4 rings (SSSR count). The Morgan fingerprint density at radius 3 is 2.70 bits per heavy atom. The van der Waals surface area contributed by atoms with Gasteiger partial charge in [-0.05, 0) is 44.0 Å². The fourth-order valence-corrected chi connectivity index (χ4v) is 4.26. The maximum atomic E-state index is 12.6. The van der Waals surface area contributed by atoms with E-state index in [1.165, 1.54) is 17.3 Å². The molecule has 0 radical (unpaired) electrons. The Morgan fingerprint density at radius 1 is 1.13 bits per heavy atom. The fourth-order valence-electron chi connectivity index (χ4n) is 3.18. The standard InChI is InChI=1S/C23H21ClN4OS/c1-13-6-4-7-16(10-13)17-8-5-9-19-20(17)27-23(26-19)30-15(3)22(29)28-21-18(24)11-14(2)12-25-21/h4-12,15H,1-3H3,(H,26,27)(H,25,28,29). The van der Waals surface area contributed by atoms with Gasteiger partial charge in [-0.15, -0.1) is 0 Å². The van der Waals surface area contributed by atoms with Gasteiger partial charge in [0.25, 0.3) is 0 Å². The van der Waals surface area contributed by atoms with Crippen molar-refractivity contribution in [2.24, 2.45) is 0 Å². The predicted molar refractivity (Wildman–Crippen MR) is 124 cm³/mol. The number of nitrogens with one attached hydrogen (secondary N) is 2. The van der Waals surface area contributed by atoms with Crippen molar-refractivity contribution in [2.45, 2.75) is 31.2 Å². The lowest BCUT2D eigenvalue weighted by atomic mass is 10.0. The molecule has 2 aromatic heterocycles. The summed E-state index contributed by atoms with van der Waals surface area (Å²) in [5.74, 6) is 0.184. The van der Waals surface area contributed by atoms with Gasteiger partial charge >= 0.3 is 0 Å². The van der Waals surface area contributed by atoms with Crippen LogP contribution in [-0.4, -0.2) is 26.1 Å². The first kappa shape index (κ1) is 20.4. The molecule has 152 valence electrons. The lowest BCUT2D eigenvalue weighted by Gasteiger charge is -2.11. The number of anilines is 1. The summed E-state index contributed by atoms with van der Waals surface area (Å²) < 4.78 is 0. The van der Waals surface area contributed by atoms with E-state index in [1.807, 2.05) is 32.0 Å². The van der Waals surface area contributed by atoms with Crippen molar-refractivity contribution in [2.75, 3.05) is 5.32 Å². The van der Waals surface area contributed by atoms with Gasteiger partial charge in [0.15, 0.2) is 11.0 Å². The summed E-state index contributed by atoms with van der Waals surface area (Å²) in [6.07, 6.45) is 1.67. The van der Waals surface area contributed by atoms with Crippen LogP contribution in [0, 0.1) is 13.8 Å². The molecule has 2 heterocycles. The summed E-state index contributed by atoms with van der Waals surface area (Å²) >= 11 is 7.54. The number of imidazole rings is 1. The highest BCUT2D eigenvalue weighted by Gasteiger charge is 2.19. The average molecular weight is 437 g/mol. The van der Waals surface area contributed by atoms with Crippen LogP contribution in [0.1, 0.15) is 18.1 Å². The molecule has 0 saturated carbocycles. The third kappa shape index (κ3) is 4.35. The molecule has 0 bridgehead atoms. The number of halogens is 1. The molecule has 0 aliphatic rings. The van der Waals surface area contributed by atoms with Crippen LogP contribution in [0.5, 0.6) is 0 Å². The van der Waals surface area contributed by atoms with E-state index in [1.54, 1.807) is 12.3 Å². The highest BCUT2D eigenvalue weighted by molar-refractivity contribution is 8.00. The summed E-state index contributed by atoms with van der Waals surface area (Å²) in [5.41, 5.74) is 6.18. The molecular formula is C23H21ClN4OS. The molecule has 7 heteroatoms. The maximum Gasteiger partial charge on any atom is 0.238 e. The highest BCUT2D eigenvalue weighted by Crippen LogP contribution is 2.31. The Morgan fingerprint density at radius 2 is 1.93 bits per heavy atom. The number of H-pyrrole nitrogens is 1. The quantitative estimate of drug-likeness (QED) is 0.375. The molecule has 1 unspecified atom stereocenters. The first-order valence-corrected chi connectivity index (χ1v) is 10.8. The van der Waals surface area contributed by atoms with Crippen LogP contribution >= 0.6 is 23.4 Å². The van der Waals surface area contributed by atoms with Crippen LogP contribution in [0.25, 0.3) is 22.2 Å². The molecular weight excluding hydrogens is 416 g/mol. The summed E-state index contributed by atoms with van der Waals surface area (Å²) in [5, 5.41) is 3.52. The van der Waals surface area contributed by atoms with Crippen molar-refractivity contribution in [3.8, 4) is 11.1 Å². The van der Waals surface area contributed by atoms with Gasteiger partial charge in [-0.2, -0.15) is 0 Å². The molecule has 30 heavy (non-hydrogen) atoms. The first-order chi connectivity index (χ1) is 14.4. The van der Waals surface area contributed by atoms with Crippen LogP contribution < -0.4 is 5.32 Å². The van der Waals surface area contributed by atoms with Crippen LogP contribution in [0.2, 0.25) is 5.02 Å². The van der Waals surface area contributed by atoms with E-state index in [4.69, 9.17) is 11.6 Å². The second-order valence-corrected chi connectivity index (χ2v) is 8.94. The van der Waals surface area contributed by atoms with Gasteiger partial charge in [0.1, 0.15) is 0 Å². The van der Waals surface area contributed by atoms with E-state index in [-0.39, 0.29) is 11.2 Å². The summed E-state index contributed by atoms with van der Waals surface area (Å²) in [6, 6.07) is 16.2. The van der Waals surface area contributed by atoms with Gasteiger partial charge in [-0.3, -0.25) is 4.79 Å². The molecule has 2 aromatic carbocycles. The van der Waals surface area contributed by atoms with E-state index in [2.05, 4.69) is 51.5 Å². The van der Waals surface area contributed by atoms with E-state index in [0.717, 1.165) is 27.7 Å². The van der Waals surface area contributed by atoms with Crippen LogP contribution in [0.4, 0.5) is 5.82 Å². The number of thioether (sulfide) groups is 1. The van der Waals surface area contributed by atoms with Crippen molar-refractivity contribution >= 4 is 46.1 Å². The number of aromatic nitrogens is 3. The number of carbonyl (C=O) groups excluding carboxylic acids is 1. The third-order valence-electron chi connectivity index (χ3n) is 4.70. The fraction of sp³-hybridized carbons (Fsp3) is 0.174. The summed E-state index contributed by atoms with van der Waals surface area (Å²) in [6.45, 7) is 5.81. The average Bonchev–Trinajstić information content (AvgIpc) is 3.12. The molecule has 0 saturated heterocycles. The number of rotatable bonds is 5. The van der Waals surface area contributed by atoms with Crippen molar-refractivity contribution < 1.29 is 4.79 Å². The SMILES string of the molecule is Cc1cccc(-c2cccc3nc(SC(C)C(=O)Nc4ncc(C)cc4Cl)[nH]c23)c1. The van der Waals surface area contributed by atoms with Gasteiger partial charge in [0.05, 0.1) is 21.3 Å². The zero-order valence-corrected chi connectivity index (χ0v) is 18.4. The van der Waals surface area contributed by atoms with Crippen molar-refractivity contribution in [1.82, 2.24) is 15.0 Å². The topological polar surface area (TPSA) is 70.7 Å². The molecule has 2 N–H and O–H groups in total. The number of hydrogen-bond donors (Lipinski definition) is 2. The minimum atomic E-state index is -0.382. The Hall–Kier alpha value is -2.83. The van der Waals surface area contributed by atoms with E-state index >= 15 is 0 Å². The maximum absolute atomic E-state index is 12.6. The van der Waals surface area contributed by atoms with Crippen LogP contribution in [0.3, 0.4) is 0 Å². The number of carbonyl (C=O) groups is 1. The Kier molecular flexibility index (Phi) is 5.79. The van der Waals surface area contributed by atoms with E-state index in [0.29, 0.717) is 16.0 Å². The predicted octanol–water partition coefficient (Wildman–Crippen LogP) is 6.01. The number of pyridine rings is 1. The third-order valence-corrected chi connectivity index (χ3v) is 5.97. The Bertz CT molecular complexity index is 1240. The second-order valence-electron chi connectivity index (χ2n) is 7.20. The number of amides is 1. The minimum absolute atomic E-state index is 0.183. The number of para-hydroxylation sites is 1. The lowest BCUT2D eigenvalue weighted by Crippen LogP contribution is -2.23. The summed E-state index contributed by atoms with van der Waals surface area (Å²) in [7, 11) is 0. The number of fused-ring (bicyclic) bond motifs is 1. The molecule has 1 atom stereocenters. The number of hydrogen-bond acceptors (Lipinski definition) is 4. The molecule has 0 spiro atoms. The van der Waals surface area contributed by atoms with Gasteiger partial charge in [0.2, 0.25) is 5.91 Å². The zero-order chi connectivity index (χ0) is 21.3. The minimum Gasteiger partial charge on any atom is -0.332 e. The van der Waals surface area contributed by atoms with Gasteiger partial charge in [-0.1, -0.05) is 65.3 Å². The summed E-state index contributed by atoms with van der Waals surface area (Å²) in [4.78, 5) is 24.9. The Labute approximate surface area is 184 Å². The monoisotopic (exact) mass is 436 g/mol. The van der Waals surface area contributed by atoms with Gasteiger partial charge in [0, 0.05) is 11.8 Å². The molecule has 0 aliphatic heterocycles. The highest BCUT2D eigenvalue weighted by atomic mass is 35.5. The number of aromatic amines is 1. The normalized spacial score (nSPS) is 12.1. The van der Waals surface area contributed by atoms with E-state index < -0.39 is 0 Å². The number of benzene rings is 2. The van der Waals surface area contributed by atoms with Crippen LogP contribution in [0.15, 0.2) is 59.9 Å². The second kappa shape index (κ2) is 8.50. The van der Waals surface area contributed by atoms with Crippen molar-refractivity contribution in [1.29, 1.82) is 0 Å². The molecule has 0 fully saturated rings. The molecule has 5 nitrogen and oxygen atoms in total. The number of aryl methyl sites for hydroxylation is 2. The van der Waals surface area contributed by atoms with Crippen molar-refractivity contribution in [3.05, 3.63) is 70.9 Å². The van der Waals surface area contributed by atoms with Gasteiger partial charge in [-0.25, -0.2) is 9.97 Å². The molecule has 0 aliphatic carbocycles. The van der Waals surface area contributed by atoms with Crippen LogP contribution in [-0.2, 0) is 4.79 Å². The first-order valence-electron chi connectivity index (χ1n) is 9.56.